The maximum absolute atomic E-state index is 13.5. The second-order valence-corrected chi connectivity index (χ2v) is 11.8. The predicted octanol–water partition coefficient (Wildman–Crippen LogP) is 6.99. The summed E-state index contributed by atoms with van der Waals surface area (Å²) in [5.41, 5.74) is 3.47. The summed E-state index contributed by atoms with van der Waals surface area (Å²) in [4.78, 5) is 27.1. The minimum absolute atomic E-state index is 0.180. The van der Waals surface area contributed by atoms with Gasteiger partial charge in [0.05, 0.1) is 12.1 Å². The zero-order valence-electron chi connectivity index (χ0n) is 23.9. The quantitative estimate of drug-likeness (QED) is 0.180. The molecule has 6 rings (SSSR count). The molecule has 1 aliphatic heterocycles. The maximum atomic E-state index is 13.5. The smallest absolute Gasteiger partial charge is 0.368 e. The molecule has 1 amide bonds. The van der Waals surface area contributed by atoms with Crippen LogP contribution in [-0.2, 0) is 25.7 Å². The average Bonchev–Trinajstić information content (AvgIpc) is 3.67. The summed E-state index contributed by atoms with van der Waals surface area (Å²) in [6, 6.07) is 19.9. The Morgan fingerprint density at radius 1 is 0.955 bits per heavy atom. The largest absolute Gasteiger partial charge is 0.416 e. The molecule has 1 N–H and O–H groups in total. The first kappa shape index (κ1) is 29.8. The molecular weight excluding hydrogens is 590 g/mol. The summed E-state index contributed by atoms with van der Waals surface area (Å²) < 4.78 is 53.0. The van der Waals surface area contributed by atoms with Gasteiger partial charge in [-0.1, -0.05) is 36.4 Å². The van der Waals surface area contributed by atoms with Crippen molar-refractivity contribution in [2.45, 2.75) is 25.7 Å². The van der Waals surface area contributed by atoms with Gasteiger partial charge in [0.25, 0.3) is 5.91 Å². The van der Waals surface area contributed by atoms with Crippen LogP contribution in [0.15, 0.2) is 84.4 Å². The number of rotatable bonds is 9. The second-order valence-electron chi connectivity index (χ2n) is 10.9. The van der Waals surface area contributed by atoms with Gasteiger partial charge in [-0.05, 0) is 53.9 Å². The number of thiazole rings is 1. The third-order valence-corrected chi connectivity index (χ3v) is 8.76. The van der Waals surface area contributed by atoms with Crippen molar-refractivity contribution >= 4 is 33.8 Å². The van der Waals surface area contributed by atoms with Crippen molar-refractivity contribution in [3.63, 3.8) is 0 Å². The highest BCUT2D eigenvalue weighted by atomic mass is 32.1. The normalized spacial score (nSPS) is 14.1. The molecular formula is C33H31F4N5OS. The van der Waals surface area contributed by atoms with Gasteiger partial charge in [0.15, 0.2) is 0 Å². The number of aromatic amines is 1. The van der Waals surface area contributed by atoms with Crippen LogP contribution in [0, 0.1) is 5.82 Å². The first-order chi connectivity index (χ1) is 21.2. The van der Waals surface area contributed by atoms with E-state index in [4.69, 9.17) is 0 Å². The molecule has 44 heavy (non-hydrogen) atoms. The van der Waals surface area contributed by atoms with E-state index >= 15 is 0 Å². The molecule has 2 aromatic heterocycles. The molecule has 0 unspecified atom stereocenters. The Balaban J connectivity index is 1.10. The van der Waals surface area contributed by atoms with Crippen LogP contribution >= 0.6 is 11.3 Å². The summed E-state index contributed by atoms with van der Waals surface area (Å²) in [6.07, 6.45) is -1.56. The number of hydrogen-bond acceptors (Lipinski definition) is 5. The summed E-state index contributed by atoms with van der Waals surface area (Å²) in [7, 11) is 0. The number of nitrogens with one attached hydrogen (secondary N) is 1. The third kappa shape index (κ3) is 6.95. The van der Waals surface area contributed by atoms with Crippen LogP contribution in [0.3, 0.4) is 0 Å². The molecule has 0 bridgehead atoms. The van der Waals surface area contributed by atoms with Crippen molar-refractivity contribution in [2.75, 3.05) is 37.6 Å². The highest BCUT2D eigenvalue weighted by Gasteiger charge is 2.31. The summed E-state index contributed by atoms with van der Waals surface area (Å²) >= 11 is 1.43. The van der Waals surface area contributed by atoms with E-state index in [1.807, 2.05) is 23.2 Å². The Hall–Kier alpha value is -4.22. The lowest BCUT2D eigenvalue weighted by Crippen LogP contribution is -2.49. The minimum atomic E-state index is -4.40. The number of nitrogens with zero attached hydrogens (tertiary/aromatic N) is 4. The van der Waals surface area contributed by atoms with Crippen molar-refractivity contribution in [2.24, 2.45) is 0 Å². The van der Waals surface area contributed by atoms with Gasteiger partial charge in [0.2, 0.25) is 0 Å². The van der Waals surface area contributed by atoms with E-state index < -0.39 is 11.7 Å². The van der Waals surface area contributed by atoms with Gasteiger partial charge in [-0.25, -0.2) is 9.37 Å². The zero-order valence-corrected chi connectivity index (χ0v) is 24.7. The Kier molecular flexibility index (Phi) is 8.67. The Bertz CT molecular complexity index is 1720. The minimum Gasteiger partial charge on any atom is -0.368 e. The van der Waals surface area contributed by atoms with Crippen LogP contribution < -0.4 is 4.90 Å². The van der Waals surface area contributed by atoms with Crippen LogP contribution in [0.5, 0.6) is 0 Å². The molecule has 0 aliphatic carbocycles. The number of piperazine rings is 1. The highest BCUT2D eigenvalue weighted by molar-refractivity contribution is 7.09. The number of anilines is 1. The fraction of sp³-hybridized carbons (Fsp3) is 0.273. The van der Waals surface area contributed by atoms with Crippen molar-refractivity contribution in [3.05, 3.63) is 118 Å². The molecule has 5 aromatic rings. The van der Waals surface area contributed by atoms with E-state index in [1.54, 1.807) is 28.5 Å². The molecule has 0 saturated carbocycles. The lowest BCUT2D eigenvalue weighted by atomic mass is 10.1. The number of alkyl halides is 3. The van der Waals surface area contributed by atoms with Gasteiger partial charge in [0, 0.05) is 67.4 Å². The average molecular weight is 622 g/mol. The van der Waals surface area contributed by atoms with E-state index in [2.05, 4.69) is 27.0 Å². The van der Waals surface area contributed by atoms with Gasteiger partial charge in [0.1, 0.15) is 16.5 Å². The number of amides is 1. The first-order valence-electron chi connectivity index (χ1n) is 14.4. The number of hydrogen-bond donors (Lipinski definition) is 1. The Labute approximate surface area is 256 Å². The van der Waals surface area contributed by atoms with Gasteiger partial charge >= 0.3 is 6.18 Å². The van der Waals surface area contributed by atoms with Crippen molar-refractivity contribution < 1.29 is 22.4 Å². The van der Waals surface area contributed by atoms with Crippen LogP contribution in [0.1, 0.15) is 32.2 Å². The number of benzene rings is 3. The van der Waals surface area contributed by atoms with E-state index in [1.165, 1.54) is 40.5 Å². The van der Waals surface area contributed by atoms with Gasteiger partial charge in [-0.3, -0.25) is 9.69 Å². The number of halogens is 4. The SMILES string of the molecule is O=C(c1csc(CN(CCc2c[nH]c3ccccc23)Cc2ccc(F)cc2)n1)N1CCN(c2cccc(C(F)(F)F)c2)CC1. The third-order valence-electron chi connectivity index (χ3n) is 7.93. The number of carbonyl (C=O) groups excluding carboxylic acids is 1. The molecule has 6 nitrogen and oxygen atoms in total. The zero-order chi connectivity index (χ0) is 30.7. The topological polar surface area (TPSA) is 55.5 Å². The van der Waals surface area contributed by atoms with Gasteiger partial charge in [-0.2, -0.15) is 13.2 Å². The van der Waals surface area contributed by atoms with E-state index in [0.717, 1.165) is 41.2 Å². The molecule has 3 aromatic carbocycles. The van der Waals surface area contributed by atoms with E-state index in [0.29, 0.717) is 50.6 Å². The van der Waals surface area contributed by atoms with Crippen molar-refractivity contribution in [3.8, 4) is 0 Å². The molecule has 1 fully saturated rings. The molecule has 1 aliphatic rings. The molecule has 0 radical (unpaired) electrons. The Morgan fingerprint density at radius 3 is 2.50 bits per heavy atom. The van der Waals surface area contributed by atoms with Crippen molar-refractivity contribution in [1.82, 2.24) is 19.8 Å². The lowest BCUT2D eigenvalue weighted by molar-refractivity contribution is -0.137. The molecule has 1 saturated heterocycles. The van der Waals surface area contributed by atoms with Crippen LogP contribution in [0.25, 0.3) is 10.9 Å². The number of para-hydroxylation sites is 1. The van der Waals surface area contributed by atoms with E-state index in [9.17, 15) is 22.4 Å². The first-order valence-corrected chi connectivity index (χ1v) is 15.3. The van der Waals surface area contributed by atoms with Gasteiger partial charge in [-0.15, -0.1) is 11.3 Å². The monoisotopic (exact) mass is 621 g/mol. The second kappa shape index (κ2) is 12.8. The summed E-state index contributed by atoms with van der Waals surface area (Å²) in [5.74, 6) is -0.460. The summed E-state index contributed by atoms with van der Waals surface area (Å²) in [5, 5.41) is 3.76. The molecule has 0 spiro atoms. The predicted molar refractivity (Wildman–Crippen MR) is 164 cm³/mol. The number of fused-ring (bicyclic) bond motifs is 1. The van der Waals surface area contributed by atoms with Crippen LogP contribution in [0.4, 0.5) is 23.2 Å². The maximum Gasteiger partial charge on any atom is 0.416 e. The fourth-order valence-electron chi connectivity index (χ4n) is 5.56. The van der Waals surface area contributed by atoms with Crippen molar-refractivity contribution in [1.29, 1.82) is 0 Å². The van der Waals surface area contributed by atoms with E-state index in [-0.39, 0.29) is 11.7 Å². The Morgan fingerprint density at radius 2 is 1.73 bits per heavy atom. The highest BCUT2D eigenvalue weighted by Crippen LogP contribution is 2.32. The lowest BCUT2D eigenvalue weighted by Gasteiger charge is -2.36. The van der Waals surface area contributed by atoms with Crippen LogP contribution in [0.2, 0.25) is 0 Å². The fourth-order valence-corrected chi connectivity index (χ4v) is 6.37. The molecule has 228 valence electrons. The van der Waals surface area contributed by atoms with Crippen LogP contribution in [-0.4, -0.2) is 58.4 Å². The summed E-state index contributed by atoms with van der Waals surface area (Å²) in [6.45, 7) is 3.52. The number of H-pyrrole nitrogens is 1. The molecule has 3 heterocycles. The molecule has 11 heteroatoms. The number of carbonyl (C=O) groups is 1. The van der Waals surface area contributed by atoms with Gasteiger partial charge < -0.3 is 14.8 Å². The molecule has 0 atom stereocenters. The number of aromatic nitrogens is 2. The standard InChI is InChI=1S/C33H31F4N5OS/c34-26-10-8-23(9-11-26)20-40(13-12-24-19-38-29-7-2-1-6-28(24)29)21-31-39-30(22-44-31)32(43)42-16-14-41(15-17-42)27-5-3-4-25(18-27)33(35,36)37/h1-11,18-19,22,38H,12-17,20-21H2.